The van der Waals surface area contributed by atoms with Crippen molar-refractivity contribution in [1.29, 1.82) is 0 Å². The van der Waals surface area contributed by atoms with Crippen LogP contribution in [0.3, 0.4) is 0 Å². The molecule has 3 nitrogen and oxygen atoms in total. The molecule has 0 aromatic carbocycles. The first-order chi connectivity index (χ1) is 8.35. The Balaban J connectivity index is 2.11. The lowest BCUT2D eigenvalue weighted by Gasteiger charge is -2.23. The van der Waals surface area contributed by atoms with Gasteiger partial charge in [-0.1, -0.05) is 22.0 Å². The molecule has 0 atom stereocenters. The highest BCUT2D eigenvalue weighted by Gasteiger charge is 2.15. The molecule has 1 aromatic rings. The van der Waals surface area contributed by atoms with E-state index in [0.29, 0.717) is 0 Å². The summed E-state index contributed by atoms with van der Waals surface area (Å²) in [6, 6.07) is 4.38. The Labute approximate surface area is 111 Å². The van der Waals surface area contributed by atoms with Crippen LogP contribution in [0.2, 0.25) is 0 Å². The molecule has 1 heterocycles. The lowest BCUT2D eigenvalue weighted by atomic mass is 10.2. The maximum absolute atomic E-state index is 5.15. The van der Waals surface area contributed by atoms with Gasteiger partial charge in [-0.3, -0.25) is 0 Å². The largest absolute Gasteiger partial charge is 0.383 e. The number of rotatable bonds is 6. The number of hydrogen-bond acceptors (Lipinski definition) is 3. The van der Waals surface area contributed by atoms with Crippen LogP contribution in [0.5, 0.6) is 0 Å². The Morgan fingerprint density at radius 2 is 2.24 bits per heavy atom. The molecule has 0 saturated heterocycles. The molecule has 17 heavy (non-hydrogen) atoms. The molecule has 2 rings (SSSR count). The van der Waals surface area contributed by atoms with Gasteiger partial charge in [0.1, 0.15) is 5.82 Å². The summed E-state index contributed by atoms with van der Waals surface area (Å²) in [5, 5.41) is 0.954. The first-order valence-electron chi connectivity index (χ1n) is 6.14. The molecule has 4 heteroatoms. The van der Waals surface area contributed by atoms with Crippen molar-refractivity contribution in [1.82, 2.24) is 4.98 Å². The van der Waals surface area contributed by atoms with Crippen LogP contribution < -0.4 is 4.90 Å². The molecule has 1 aliphatic carbocycles. The molecule has 0 unspecified atom stereocenters. The normalized spacial score (nSPS) is 13.8. The maximum atomic E-state index is 5.15. The number of hydrogen-bond donors (Lipinski definition) is 0. The average Bonchev–Trinajstić information content (AvgIpc) is 2.81. The van der Waals surface area contributed by atoms with Crippen molar-refractivity contribution in [3.05, 3.63) is 23.4 Å². The number of methoxy groups -OCH3 is 1. The van der Waals surface area contributed by atoms with E-state index in [2.05, 4.69) is 33.0 Å². The van der Waals surface area contributed by atoms with Gasteiger partial charge < -0.3 is 9.64 Å². The summed E-state index contributed by atoms with van der Waals surface area (Å²) >= 11 is 3.49. The summed E-state index contributed by atoms with van der Waals surface area (Å²) in [5.41, 5.74) is 2.72. The topological polar surface area (TPSA) is 25.4 Å². The van der Waals surface area contributed by atoms with Crippen molar-refractivity contribution < 1.29 is 4.74 Å². The van der Waals surface area contributed by atoms with Crippen molar-refractivity contribution >= 4 is 21.7 Å². The Morgan fingerprint density at radius 1 is 1.35 bits per heavy atom. The van der Waals surface area contributed by atoms with Gasteiger partial charge >= 0.3 is 0 Å². The summed E-state index contributed by atoms with van der Waals surface area (Å²) < 4.78 is 5.15. The first kappa shape index (κ1) is 12.8. The molecular weight excluding hydrogens is 280 g/mol. The minimum atomic E-state index is 0.742. The van der Waals surface area contributed by atoms with Crippen molar-refractivity contribution in [3.8, 4) is 0 Å². The smallest absolute Gasteiger partial charge is 0.128 e. The van der Waals surface area contributed by atoms with Gasteiger partial charge in [-0.25, -0.2) is 4.98 Å². The fraction of sp³-hybridized carbons (Fsp3) is 0.615. The van der Waals surface area contributed by atoms with Gasteiger partial charge in [0.05, 0.1) is 6.61 Å². The van der Waals surface area contributed by atoms with Crippen LogP contribution >= 0.6 is 15.9 Å². The molecule has 0 fully saturated rings. The second kappa shape index (κ2) is 6.36. The van der Waals surface area contributed by atoms with Crippen LogP contribution in [0.4, 0.5) is 5.82 Å². The van der Waals surface area contributed by atoms with Gasteiger partial charge in [0.25, 0.3) is 0 Å². The molecule has 1 aliphatic rings. The zero-order valence-corrected chi connectivity index (χ0v) is 11.9. The Hall–Kier alpha value is -0.610. The molecule has 0 saturated carbocycles. The monoisotopic (exact) mass is 298 g/mol. The Kier molecular flexibility index (Phi) is 4.80. The van der Waals surface area contributed by atoms with Crippen molar-refractivity contribution in [3.63, 3.8) is 0 Å². The van der Waals surface area contributed by atoms with Gasteiger partial charge in [-0.05, 0) is 30.9 Å². The highest BCUT2D eigenvalue weighted by atomic mass is 79.9. The lowest BCUT2D eigenvalue weighted by molar-refractivity contribution is 0.205. The number of anilines is 1. The molecule has 0 spiro atoms. The first-order valence-corrected chi connectivity index (χ1v) is 7.26. The van der Waals surface area contributed by atoms with E-state index in [0.717, 1.165) is 37.3 Å². The Morgan fingerprint density at radius 3 is 3.00 bits per heavy atom. The number of aromatic nitrogens is 1. The van der Waals surface area contributed by atoms with Crippen LogP contribution in [-0.4, -0.2) is 37.1 Å². The van der Waals surface area contributed by atoms with E-state index in [1.807, 2.05) is 0 Å². The molecule has 94 valence electrons. The van der Waals surface area contributed by atoms with Gasteiger partial charge in [0, 0.05) is 31.2 Å². The molecule has 0 N–H and O–H groups in total. The van der Waals surface area contributed by atoms with Gasteiger partial charge in [0.2, 0.25) is 0 Å². The summed E-state index contributed by atoms with van der Waals surface area (Å²) in [7, 11) is 1.74. The van der Waals surface area contributed by atoms with Crippen LogP contribution in [0, 0.1) is 0 Å². The fourth-order valence-corrected chi connectivity index (χ4v) is 2.66. The number of aryl methyl sites for hydroxylation is 2. The van der Waals surface area contributed by atoms with Gasteiger partial charge in [0.15, 0.2) is 0 Å². The SMILES string of the molecule is COCCN(CCBr)c1ccc2c(n1)CCC2. The molecule has 0 bridgehead atoms. The van der Waals surface area contributed by atoms with E-state index in [1.54, 1.807) is 7.11 Å². The third kappa shape index (κ3) is 3.19. The van der Waals surface area contributed by atoms with Crippen molar-refractivity contribution in [2.24, 2.45) is 0 Å². The average molecular weight is 299 g/mol. The minimum Gasteiger partial charge on any atom is -0.383 e. The summed E-state index contributed by atoms with van der Waals surface area (Å²) in [5.74, 6) is 1.09. The van der Waals surface area contributed by atoms with E-state index in [1.165, 1.54) is 24.1 Å². The third-order valence-corrected chi connectivity index (χ3v) is 3.51. The zero-order valence-electron chi connectivity index (χ0n) is 10.3. The number of ether oxygens (including phenoxy) is 1. The highest BCUT2D eigenvalue weighted by Crippen LogP contribution is 2.23. The van der Waals surface area contributed by atoms with E-state index in [-0.39, 0.29) is 0 Å². The standard InChI is InChI=1S/C13H19BrN2O/c1-17-10-9-16(8-7-14)13-6-5-11-3-2-4-12(11)15-13/h5-6H,2-4,7-10H2,1H3. The van der Waals surface area contributed by atoms with Crippen LogP contribution in [0.15, 0.2) is 12.1 Å². The van der Waals surface area contributed by atoms with Crippen LogP contribution in [-0.2, 0) is 17.6 Å². The van der Waals surface area contributed by atoms with E-state index >= 15 is 0 Å². The summed E-state index contributed by atoms with van der Waals surface area (Å²) in [6.45, 7) is 2.61. The number of alkyl halides is 1. The predicted octanol–water partition coefficient (Wildman–Crippen LogP) is 2.42. The fourth-order valence-electron chi connectivity index (χ4n) is 2.23. The highest BCUT2D eigenvalue weighted by molar-refractivity contribution is 9.09. The molecule has 1 aromatic heterocycles. The number of halogens is 1. The lowest BCUT2D eigenvalue weighted by Crippen LogP contribution is -2.30. The number of pyridine rings is 1. The van der Waals surface area contributed by atoms with Crippen LogP contribution in [0.25, 0.3) is 0 Å². The summed E-state index contributed by atoms with van der Waals surface area (Å²) in [6.07, 6.45) is 3.58. The molecule has 0 aliphatic heterocycles. The third-order valence-electron chi connectivity index (χ3n) is 3.16. The molecule has 0 amide bonds. The minimum absolute atomic E-state index is 0.742. The number of nitrogens with zero attached hydrogens (tertiary/aromatic N) is 2. The van der Waals surface area contributed by atoms with Gasteiger partial charge in [-0.2, -0.15) is 0 Å². The van der Waals surface area contributed by atoms with Crippen molar-refractivity contribution in [2.45, 2.75) is 19.3 Å². The van der Waals surface area contributed by atoms with E-state index in [4.69, 9.17) is 9.72 Å². The van der Waals surface area contributed by atoms with Crippen LogP contribution in [0.1, 0.15) is 17.7 Å². The second-order valence-corrected chi connectivity index (χ2v) is 5.09. The Bertz CT molecular complexity index is 370. The zero-order chi connectivity index (χ0) is 12.1. The second-order valence-electron chi connectivity index (χ2n) is 4.30. The number of fused-ring (bicyclic) bond motifs is 1. The molecule has 0 radical (unpaired) electrons. The quantitative estimate of drug-likeness (QED) is 0.754. The maximum Gasteiger partial charge on any atom is 0.128 e. The van der Waals surface area contributed by atoms with Gasteiger partial charge in [-0.15, -0.1) is 0 Å². The van der Waals surface area contributed by atoms with Crippen molar-refractivity contribution in [2.75, 3.05) is 37.0 Å². The van der Waals surface area contributed by atoms with E-state index < -0.39 is 0 Å². The predicted molar refractivity (Wildman–Crippen MR) is 74.1 cm³/mol. The van der Waals surface area contributed by atoms with E-state index in [9.17, 15) is 0 Å². The molecular formula is C13H19BrN2O. The summed E-state index contributed by atoms with van der Waals surface area (Å²) in [4.78, 5) is 7.05.